The second-order valence-electron chi connectivity index (χ2n) is 0. The van der Waals surface area contributed by atoms with Crippen molar-refractivity contribution in [1.82, 2.24) is 0 Å². The topological polar surface area (TPSA) is 0 Å². The normalized spacial score (nSPS) is 0. The van der Waals surface area contributed by atoms with Crippen LogP contribution in [0, 0.1) is 0 Å². The fourth-order valence-electron chi connectivity index (χ4n) is 0. The summed E-state index contributed by atoms with van der Waals surface area (Å²) in [6, 6.07) is 0. The maximum absolute atomic E-state index is 0. The summed E-state index contributed by atoms with van der Waals surface area (Å²) in [5.41, 5.74) is 0. The van der Waals surface area contributed by atoms with Crippen molar-refractivity contribution in [2.24, 2.45) is 0 Å². The van der Waals surface area contributed by atoms with Crippen molar-refractivity contribution >= 4 is 79.5 Å². The van der Waals surface area contributed by atoms with Crippen molar-refractivity contribution in [2.45, 2.75) is 0 Å². The van der Waals surface area contributed by atoms with Gasteiger partial charge in [-0.3, -0.25) is 0 Å². The van der Waals surface area contributed by atoms with E-state index in [2.05, 4.69) is 0 Å². The van der Waals surface area contributed by atoms with E-state index in [4.69, 9.17) is 0 Å². The predicted molar refractivity (Wildman–Crippen MR) is 26.5 cm³/mol. The van der Waals surface area contributed by atoms with Gasteiger partial charge in [-0.1, -0.05) is 0 Å². The Bertz CT molecular complexity index is 13.5. The van der Waals surface area contributed by atoms with E-state index < -0.39 is 0 Å². The minimum absolute atomic E-state index is 0. The summed E-state index contributed by atoms with van der Waals surface area (Å²) in [5.74, 6) is 0. The molecule has 0 N–H and O–H groups in total. The Hall–Kier alpha value is 3.35. The van der Waals surface area contributed by atoms with Gasteiger partial charge in [-0.25, -0.2) is 0 Å². The first-order valence-electron chi connectivity index (χ1n) is 0. The SMILES string of the molecule is [AlH3].[Au].[Ca+2].[H-].[H-].[SbH2]. The molecule has 0 aromatic rings. The van der Waals surface area contributed by atoms with Crippen LogP contribution >= 0.6 is 0 Å². The standard InChI is InChI=1S/Al.Au.Ca.Sb.7H/q;;+2;;;;;;;2*-1. The molecule has 0 saturated heterocycles. The van der Waals surface area contributed by atoms with Gasteiger partial charge in [0.1, 0.15) is 0 Å². The molecule has 0 nitrogen and oxygen atoms in total. The molecule has 0 saturated carbocycles. The van der Waals surface area contributed by atoms with Gasteiger partial charge < -0.3 is 2.85 Å². The quantitative estimate of drug-likeness (QED) is 0.408. The summed E-state index contributed by atoms with van der Waals surface area (Å²) in [6.07, 6.45) is 0. The summed E-state index contributed by atoms with van der Waals surface area (Å²) in [4.78, 5) is 0. The van der Waals surface area contributed by atoms with Crippen LogP contribution in [0.25, 0.3) is 0 Å². The molecule has 0 spiro atoms. The molecule has 0 bridgehead atoms. The van der Waals surface area contributed by atoms with E-state index in [0.29, 0.717) is 0 Å². The number of rotatable bonds is 0. The summed E-state index contributed by atoms with van der Waals surface area (Å²) < 4.78 is 0. The third kappa shape index (κ3) is 9.02. The van der Waals surface area contributed by atoms with Crippen LogP contribution in [0.15, 0.2) is 0 Å². The minimum atomic E-state index is 0. The Labute approximate surface area is 103 Å². The van der Waals surface area contributed by atoms with Crippen LogP contribution in [0.1, 0.15) is 2.85 Å². The Morgan fingerprint density at radius 1 is 1.25 bits per heavy atom. The van der Waals surface area contributed by atoms with Crippen LogP contribution in [0.2, 0.25) is 0 Å². The zero-order chi connectivity index (χ0) is 0. The van der Waals surface area contributed by atoms with Crippen molar-refractivity contribution in [2.75, 3.05) is 0 Å². The summed E-state index contributed by atoms with van der Waals surface area (Å²) >= 11 is 0. The molecule has 0 rings (SSSR count). The molecular formula is H7AlAuCaSb. The first kappa shape index (κ1) is 26.4. The van der Waals surface area contributed by atoms with E-state index in [-0.39, 0.29) is 105 Å². The van der Waals surface area contributed by atoms with E-state index in [0.717, 1.165) is 0 Å². The third-order valence-electron chi connectivity index (χ3n) is 0. The molecule has 0 aliphatic heterocycles. The average Bonchev–Trinajstić information content (AvgIpc) is 0. The molecule has 28 valence electrons. The fourth-order valence-corrected chi connectivity index (χ4v) is 0. The van der Waals surface area contributed by atoms with Gasteiger partial charge in [-0.05, 0) is 0 Å². The van der Waals surface area contributed by atoms with Gasteiger partial charge in [0.05, 0.1) is 0 Å². The number of hydrogen-bond acceptors (Lipinski definition) is 0. The van der Waals surface area contributed by atoms with Gasteiger partial charge in [-0.2, -0.15) is 0 Å². The summed E-state index contributed by atoms with van der Waals surface area (Å²) in [5, 5.41) is 0. The summed E-state index contributed by atoms with van der Waals surface area (Å²) in [6.45, 7) is 0. The molecule has 2 radical (unpaired) electrons. The van der Waals surface area contributed by atoms with Gasteiger partial charge in [0.25, 0.3) is 0 Å². The Morgan fingerprint density at radius 2 is 1.25 bits per heavy atom. The zero-order valence-electron chi connectivity index (χ0n) is 3.59. The van der Waals surface area contributed by atoms with Crippen LogP contribution in [-0.2, 0) is 22.4 Å². The Kier molecular flexibility index (Phi) is 107. The van der Waals surface area contributed by atoms with Crippen LogP contribution in [-0.4, -0.2) is 79.5 Å². The molecule has 0 amide bonds. The summed E-state index contributed by atoms with van der Waals surface area (Å²) in [7, 11) is 0. The third-order valence-corrected chi connectivity index (χ3v) is 0. The molecular weight excluding hydrogens is 386 g/mol. The first-order valence-corrected chi connectivity index (χ1v) is 0. The molecule has 4 heteroatoms. The van der Waals surface area contributed by atoms with E-state index in [9.17, 15) is 0 Å². The second kappa shape index (κ2) is 16.2. The van der Waals surface area contributed by atoms with Gasteiger partial charge in [0.15, 0.2) is 17.4 Å². The van der Waals surface area contributed by atoms with Crippen molar-refractivity contribution in [3.05, 3.63) is 0 Å². The van der Waals surface area contributed by atoms with Crippen LogP contribution in [0.3, 0.4) is 0 Å². The molecule has 0 aromatic heterocycles. The van der Waals surface area contributed by atoms with Crippen molar-refractivity contribution in [3.63, 3.8) is 0 Å². The Morgan fingerprint density at radius 3 is 1.25 bits per heavy atom. The molecule has 0 unspecified atom stereocenters. The van der Waals surface area contributed by atoms with Crippen molar-refractivity contribution < 1.29 is 25.2 Å². The van der Waals surface area contributed by atoms with E-state index in [1.54, 1.807) is 0 Å². The first-order chi connectivity index (χ1) is 0. The monoisotopic (exact) mass is 392 g/mol. The fraction of sp³-hybridized carbons (Fsp3) is 0. The molecule has 0 heterocycles. The molecule has 0 aromatic carbocycles. The van der Waals surface area contributed by atoms with Gasteiger partial charge >= 0.3 is 62.2 Å². The van der Waals surface area contributed by atoms with Gasteiger partial charge in [0, 0.05) is 22.4 Å². The molecule has 0 atom stereocenters. The van der Waals surface area contributed by atoms with Crippen molar-refractivity contribution in [3.8, 4) is 0 Å². The van der Waals surface area contributed by atoms with Crippen LogP contribution in [0.5, 0.6) is 0 Å². The van der Waals surface area contributed by atoms with Crippen molar-refractivity contribution in [1.29, 1.82) is 0 Å². The average molecular weight is 393 g/mol. The molecule has 0 aliphatic carbocycles. The van der Waals surface area contributed by atoms with E-state index >= 15 is 0 Å². The predicted octanol–water partition coefficient (Wildman–Crippen LogP) is -2.26. The van der Waals surface area contributed by atoms with Gasteiger partial charge in [-0.15, -0.1) is 0 Å². The van der Waals surface area contributed by atoms with Gasteiger partial charge in [0.2, 0.25) is 0 Å². The van der Waals surface area contributed by atoms with Crippen LogP contribution in [0.4, 0.5) is 0 Å². The second-order valence-corrected chi connectivity index (χ2v) is 0. The van der Waals surface area contributed by atoms with E-state index in [1.165, 1.54) is 0 Å². The maximum atomic E-state index is 0. The van der Waals surface area contributed by atoms with E-state index in [1.807, 2.05) is 0 Å². The molecule has 0 aliphatic rings. The Balaban J connectivity index is 0. The zero-order valence-corrected chi connectivity index (χ0v) is 9.26. The number of hydrogen-bond donors (Lipinski definition) is 0. The van der Waals surface area contributed by atoms with Crippen LogP contribution < -0.4 is 0 Å². The molecule has 0 fully saturated rings. The molecule has 4 heavy (non-hydrogen) atoms.